The molecule has 6 heteroatoms. The third-order valence-electron chi connectivity index (χ3n) is 4.88. The van der Waals surface area contributed by atoms with Crippen molar-refractivity contribution < 1.29 is 9.53 Å². The van der Waals surface area contributed by atoms with Gasteiger partial charge in [-0.05, 0) is 62.5 Å². The zero-order valence-electron chi connectivity index (χ0n) is 16.3. The van der Waals surface area contributed by atoms with Gasteiger partial charge in [-0.1, -0.05) is 19.1 Å². The van der Waals surface area contributed by atoms with Gasteiger partial charge in [0.05, 0.1) is 12.7 Å². The summed E-state index contributed by atoms with van der Waals surface area (Å²) in [6.07, 6.45) is 3.76. The van der Waals surface area contributed by atoms with Crippen LogP contribution in [-0.4, -0.2) is 57.2 Å². The van der Waals surface area contributed by atoms with E-state index in [9.17, 15) is 4.79 Å². The van der Waals surface area contributed by atoms with Crippen LogP contribution in [0.15, 0.2) is 29.3 Å². The van der Waals surface area contributed by atoms with E-state index in [1.807, 2.05) is 12.1 Å². The lowest BCUT2D eigenvalue weighted by Gasteiger charge is -2.30. The number of hydrogen-bond acceptors (Lipinski definition) is 4. The van der Waals surface area contributed by atoms with E-state index in [0.717, 1.165) is 37.0 Å². The van der Waals surface area contributed by atoms with Gasteiger partial charge in [0.1, 0.15) is 0 Å². The maximum Gasteiger partial charge on any atom is 0.337 e. The Balaban J connectivity index is 1.65. The molecule has 2 rings (SSSR count). The molecule has 0 aliphatic carbocycles. The average molecular weight is 361 g/mol. The topological polar surface area (TPSA) is 66.0 Å². The summed E-state index contributed by atoms with van der Waals surface area (Å²) in [7, 11) is 3.17. The van der Waals surface area contributed by atoms with E-state index in [0.29, 0.717) is 12.1 Å². The third-order valence-corrected chi connectivity index (χ3v) is 4.88. The van der Waals surface area contributed by atoms with Gasteiger partial charge in [0, 0.05) is 20.1 Å². The molecule has 0 amide bonds. The number of nitrogens with one attached hydrogen (secondary N) is 2. The third kappa shape index (κ3) is 6.67. The van der Waals surface area contributed by atoms with Gasteiger partial charge < -0.3 is 20.3 Å². The molecule has 0 bridgehead atoms. The molecule has 1 aliphatic heterocycles. The Morgan fingerprint density at radius 2 is 1.92 bits per heavy atom. The van der Waals surface area contributed by atoms with Crippen molar-refractivity contribution in [3.05, 3.63) is 35.4 Å². The van der Waals surface area contributed by atoms with E-state index < -0.39 is 0 Å². The molecule has 1 aliphatic rings. The second-order valence-electron chi connectivity index (χ2n) is 6.92. The molecule has 0 aromatic heterocycles. The van der Waals surface area contributed by atoms with Gasteiger partial charge in [-0.3, -0.25) is 4.99 Å². The zero-order valence-corrected chi connectivity index (χ0v) is 16.3. The minimum absolute atomic E-state index is 0.315. The SMILES string of the molecule is CN=C(NCCCN1CCC(C)CC1)NCc1ccc(C(=O)OC)cc1. The van der Waals surface area contributed by atoms with Crippen molar-refractivity contribution in [3.8, 4) is 0 Å². The minimum atomic E-state index is -0.315. The fraction of sp³-hybridized carbons (Fsp3) is 0.600. The van der Waals surface area contributed by atoms with Crippen molar-refractivity contribution in [3.63, 3.8) is 0 Å². The molecular formula is C20H32N4O2. The average Bonchev–Trinajstić information content (AvgIpc) is 2.68. The smallest absolute Gasteiger partial charge is 0.337 e. The lowest BCUT2D eigenvalue weighted by Crippen LogP contribution is -2.39. The Morgan fingerprint density at radius 1 is 1.23 bits per heavy atom. The number of hydrogen-bond donors (Lipinski definition) is 2. The molecule has 1 heterocycles. The van der Waals surface area contributed by atoms with Gasteiger partial charge in [-0.15, -0.1) is 0 Å². The Kier molecular flexibility index (Phi) is 8.41. The highest BCUT2D eigenvalue weighted by Gasteiger charge is 2.14. The summed E-state index contributed by atoms with van der Waals surface area (Å²) in [5, 5.41) is 6.67. The first-order valence-corrected chi connectivity index (χ1v) is 9.46. The molecule has 1 aromatic rings. The Bertz CT molecular complexity index is 578. The summed E-state index contributed by atoms with van der Waals surface area (Å²) >= 11 is 0. The number of guanidine groups is 1. The Labute approximate surface area is 157 Å². The monoisotopic (exact) mass is 360 g/mol. The lowest BCUT2D eigenvalue weighted by molar-refractivity contribution is 0.0600. The van der Waals surface area contributed by atoms with Crippen molar-refractivity contribution in [1.29, 1.82) is 0 Å². The number of esters is 1. The van der Waals surface area contributed by atoms with E-state index in [1.54, 1.807) is 19.2 Å². The van der Waals surface area contributed by atoms with E-state index in [4.69, 9.17) is 4.74 Å². The molecule has 2 N–H and O–H groups in total. The second kappa shape index (κ2) is 10.8. The number of ether oxygens (including phenoxy) is 1. The summed E-state index contributed by atoms with van der Waals surface area (Å²) in [6, 6.07) is 7.39. The van der Waals surface area contributed by atoms with E-state index in [1.165, 1.54) is 33.0 Å². The maximum atomic E-state index is 11.4. The molecule has 1 saturated heterocycles. The lowest BCUT2D eigenvalue weighted by atomic mass is 9.99. The standard InChI is InChI=1S/C20H32N4O2/c1-16-9-13-24(14-10-16)12-4-11-22-20(21-2)23-15-17-5-7-18(8-6-17)19(25)26-3/h5-8,16H,4,9-15H2,1-3H3,(H2,21,22,23). The fourth-order valence-corrected chi connectivity index (χ4v) is 3.08. The van der Waals surface area contributed by atoms with Crippen molar-refractivity contribution >= 4 is 11.9 Å². The second-order valence-corrected chi connectivity index (χ2v) is 6.92. The van der Waals surface area contributed by atoms with Gasteiger partial charge >= 0.3 is 5.97 Å². The molecule has 0 unspecified atom stereocenters. The van der Waals surface area contributed by atoms with E-state index in [-0.39, 0.29) is 5.97 Å². The van der Waals surface area contributed by atoms with Crippen molar-refractivity contribution in [1.82, 2.24) is 15.5 Å². The fourth-order valence-electron chi connectivity index (χ4n) is 3.08. The van der Waals surface area contributed by atoms with Gasteiger partial charge in [0.25, 0.3) is 0 Å². The summed E-state index contributed by atoms with van der Waals surface area (Å²) in [5.41, 5.74) is 1.65. The zero-order chi connectivity index (χ0) is 18.8. The van der Waals surface area contributed by atoms with Crippen LogP contribution in [0.5, 0.6) is 0 Å². The summed E-state index contributed by atoms with van der Waals surface area (Å²) < 4.78 is 4.71. The number of carbonyl (C=O) groups excluding carboxylic acids is 1. The number of rotatable bonds is 7. The van der Waals surface area contributed by atoms with Crippen molar-refractivity contribution in [2.45, 2.75) is 32.7 Å². The molecule has 0 radical (unpaired) electrons. The van der Waals surface area contributed by atoms with Gasteiger partial charge in [-0.2, -0.15) is 0 Å². The first kappa shape index (κ1) is 20.2. The number of piperidine rings is 1. The normalized spacial score (nSPS) is 16.3. The highest BCUT2D eigenvalue weighted by molar-refractivity contribution is 5.89. The first-order valence-electron chi connectivity index (χ1n) is 9.46. The van der Waals surface area contributed by atoms with Gasteiger partial charge in [-0.25, -0.2) is 4.79 Å². The number of benzene rings is 1. The minimum Gasteiger partial charge on any atom is -0.465 e. The number of likely N-dealkylation sites (tertiary alicyclic amines) is 1. The van der Waals surface area contributed by atoms with Crippen LogP contribution in [0, 0.1) is 5.92 Å². The van der Waals surface area contributed by atoms with Crippen molar-refractivity contribution in [2.75, 3.05) is 40.3 Å². The van der Waals surface area contributed by atoms with Crippen molar-refractivity contribution in [2.24, 2.45) is 10.9 Å². The highest BCUT2D eigenvalue weighted by atomic mass is 16.5. The molecule has 0 atom stereocenters. The molecule has 1 aromatic carbocycles. The number of aliphatic imine (C=N–C) groups is 1. The first-order chi connectivity index (χ1) is 12.6. The van der Waals surface area contributed by atoms with Crippen LogP contribution in [0.4, 0.5) is 0 Å². The van der Waals surface area contributed by atoms with Gasteiger partial charge in [0.2, 0.25) is 0 Å². The predicted octanol–water partition coefficient (Wildman–Crippen LogP) is 2.26. The molecule has 144 valence electrons. The van der Waals surface area contributed by atoms with Crippen LogP contribution in [-0.2, 0) is 11.3 Å². The quantitative estimate of drug-likeness (QED) is 0.338. The molecular weight excluding hydrogens is 328 g/mol. The summed E-state index contributed by atoms with van der Waals surface area (Å²) in [6.45, 7) is 7.52. The molecule has 1 fully saturated rings. The summed E-state index contributed by atoms with van der Waals surface area (Å²) in [4.78, 5) is 18.3. The van der Waals surface area contributed by atoms with Gasteiger partial charge in [0.15, 0.2) is 5.96 Å². The van der Waals surface area contributed by atoms with Crippen LogP contribution < -0.4 is 10.6 Å². The van der Waals surface area contributed by atoms with Crippen LogP contribution in [0.3, 0.4) is 0 Å². The van der Waals surface area contributed by atoms with E-state index >= 15 is 0 Å². The van der Waals surface area contributed by atoms with Crippen LogP contribution in [0.1, 0.15) is 42.1 Å². The van der Waals surface area contributed by atoms with Crippen LogP contribution in [0.25, 0.3) is 0 Å². The molecule has 0 spiro atoms. The molecule has 6 nitrogen and oxygen atoms in total. The Hall–Kier alpha value is -2.08. The highest BCUT2D eigenvalue weighted by Crippen LogP contribution is 2.15. The molecule has 0 saturated carbocycles. The summed E-state index contributed by atoms with van der Waals surface area (Å²) in [5.74, 6) is 1.37. The number of nitrogens with zero attached hydrogens (tertiary/aromatic N) is 2. The van der Waals surface area contributed by atoms with Crippen LogP contribution in [0.2, 0.25) is 0 Å². The Morgan fingerprint density at radius 3 is 2.54 bits per heavy atom. The molecule has 26 heavy (non-hydrogen) atoms. The van der Waals surface area contributed by atoms with E-state index in [2.05, 4.69) is 27.4 Å². The number of methoxy groups -OCH3 is 1. The van der Waals surface area contributed by atoms with Crippen LogP contribution >= 0.6 is 0 Å². The predicted molar refractivity (Wildman–Crippen MR) is 105 cm³/mol. The number of carbonyl (C=O) groups is 1. The largest absolute Gasteiger partial charge is 0.465 e. The maximum absolute atomic E-state index is 11.4.